The Morgan fingerprint density at radius 2 is 0.810 bits per heavy atom. The normalized spacial score (nSPS) is 18.5. The fourth-order valence-electron chi connectivity index (χ4n) is 8.60. The van der Waals surface area contributed by atoms with Crippen LogP contribution in [0.3, 0.4) is 0 Å². The van der Waals surface area contributed by atoms with Gasteiger partial charge in [-0.25, -0.2) is 0 Å². The van der Waals surface area contributed by atoms with Crippen LogP contribution in [0.2, 0.25) is 9.26 Å². The zero-order valence-electron chi connectivity index (χ0n) is 29.1. The number of halogens is 2. The van der Waals surface area contributed by atoms with Gasteiger partial charge in [-0.15, -0.1) is 24.8 Å². The number of hydrogen-bond acceptors (Lipinski definition) is 0. The predicted octanol–water partition coefficient (Wildman–Crippen LogP) is 12.2. The van der Waals surface area contributed by atoms with E-state index in [1.54, 1.807) is 55.7 Å². The van der Waals surface area contributed by atoms with Gasteiger partial charge in [0.1, 0.15) is 0 Å². The van der Waals surface area contributed by atoms with Crippen LogP contribution in [0, 0.1) is 11.8 Å². The number of allylic oxidation sites excluding steroid dienone is 2. The molecular formula is C38H60Cl2SiZr. The van der Waals surface area contributed by atoms with Gasteiger partial charge in [0.05, 0.1) is 0 Å². The summed E-state index contributed by atoms with van der Waals surface area (Å²) < 4.78 is 6.81. The van der Waals surface area contributed by atoms with Gasteiger partial charge >= 0.3 is 251 Å². The van der Waals surface area contributed by atoms with Crippen LogP contribution >= 0.6 is 24.8 Å². The van der Waals surface area contributed by atoms with Gasteiger partial charge in [0.15, 0.2) is 0 Å². The van der Waals surface area contributed by atoms with Crippen LogP contribution in [0.1, 0.15) is 159 Å². The maximum Gasteiger partial charge on any atom is -0.147 e. The van der Waals surface area contributed by atoms with Gasteiger partial charge in [-0.2, -0.15) is 0 Å². The maximum atomic E-state index is 2.82. The van der Waals surface area contributed by atoms with Gasteiger partial charge in [0, 0.05) is 0 Å². The Bertz CT molecular complexity index is 1340. The third-order valence-corrected chi connectivity index (χ3v) is 27.6. The van der Waals surface area contributed by atoms with Crippen LogP contribution in [-0.4, -0.2) is 6.88 Å². The van der Waals surface area contributed by atoms with E-state index in [0.29, 0.717) is 42.8 Å². The van der Waals surface area contributed by atoms with Crippen LogP contribution in [0.15, 0.2) is 35.4 Å². The van der Waals surface area contributed by atoms with Gasteiger partial charge in [-0.1, -0.05) is 0 Å². The number of fused-ring (bicyclic) bond motifs is 2. The first-order chi connectivity index (χ1) is 18.4. The van der Waals surface area contributed by atoms with E-state index in [-0.39, 0.29) is 24.8 Å². The first-order valence-electron chi connectivity index (χ1n) is 16.2. The molecule has 2 aliphatic rings. The van der Waals surface area contributed by atoms with Gasteiger partial charge in [-0.3, -0.25) is 0 Å². The quantitative estimate of drug-likeness (QED) is 0.240. The molecule has 0 fully saturated rings. The van der Waals surface area contributed by atoms with Crippen molar-refractivity contribution < 1.29 is 17.4 Å². The molecule has 4 rings (SSSR count). The van der Waals surface area contributed by atoms with Crippen molar-refractivity contribution in [3.8, 4) is 0 Å². The van der Waals surface area contributed by atoms with E-state index in [1.165, 1.54) is 0 Å². The molecule has 2 aromatic rings. The van der Waals surface area contributed by atoms with Crippen molar-refractivity contribution >= 4 is 43.8 Å². The van der Waals surface area contributed by atoms with Gasteiger partial charge in [-0.05, 0) is 0 Å². The molecule has 2 unspecified atom stereocenters. The molecule has 0 saturated heterocycles. The van der Waals surface area contributed by atoms with Crippen molar-refractivity contribution in [2.75, 3.05) is 0 Å². The SMILES string of the molecule is CC(C)C1=Cc2c(ccc(C(C)C)c2C(C)C)[CH]1[Zr]([CH3])([CH3])(=[SiH2])[CH]1C(C(C)C)=Cc2c1ccc(C(C)C)c2C(C)C.Cl.Cl. The predicted molar refractivity (Wildman–Crippen MR) is 195 cm³/mol. The summed E-state index contributed by atoms with van der Waals surface area (Å²) in [6.45, 7) is 31.4. The summed E-state index contributed by atoms with van der Waals surface area (Å²) in [5, 5.41) is 0. The van der Waals surface area contributed by atoms with Crippen molar-refractivity contribution in [3.05, 3.63) is 79.9 Å². The van der Waals surface area contributed by atoms with Crippen molar-refractivity contribution in [2.45, 2.75) is 123 Å². The summed E-state index contributed by atoms with van der Waals surface area (Å²) in [4.78, 5) is 0. The molecule has 0 saturated carbocycles. The van der Waals surface area contributed by atoms with E-state index in [9.17, 15) is 0 Å². The van der Waals surface area contributed by atoms with Gasteiger partial charge in [0.2, 0.25) is 0 Å². The monoisotopic (exact) mass is 704 g/mol. The molecule has 0 aliphatic heterocycles. The summed E-state index contributed by atoms with van der Waals surface area (Å²) >= 11 is -3.63. The molecule has 0 aromatic heterocycles. The number of rotatable bonds is 8. The summed E-state index contributed by atoms with van der Waals surface area (Å²) in [5.74, 6) is 3.27. The topological polar surface area (TPSA) is 0 Å². The van der Waals surface area contributed by atoms with Crippen LogP contribution in [-0.2, 0) is 17.4 Å². The molecule has 0 amide bonds. The third kappa shape index (κ3) is 6.19. The van der Waals surface area contributed by atoms with Gasteiger partial charge in [0.25, 0.3) is 0 Å². The van der Waals surface area contributed by atoms with Crippen LogP contribution in [0.4, 0.5) is 0 Å². The molecule has 42 heavy (non-hydrogen) atoms. The minimum Gasteiger partial charge on any atom is -0.147 e. The molecule has 2 aliphatic carbocycles. The fraction of sp³-hybridized carbons (Fsp3) is 0.579. The van der Waals surface area contributed by atoms with Gasteiger partial charge < -0.3 is 0 Å². The van der Waals surface area contributed by atoms with Crippen LogP contribution < -0.4 is 0 Å². The van der Waals surface area contributed by atoms with E-state index >= 15 is 0 Å². The molecule has 4 heteroatoms. The first kappa shape index (κ1) is 37.8. The Balaban J connectivity index is 0.00000308. The second-order valence-electron chi connectivity index (χ2n) is 16.2. The zero-order valence-corrected chi connectivity index (χ0v) is 34.6. The van der Waals surface area contributed by atoms with Crippen molar-refractivity contribution in [1.82, 2.24) is 0 Å². The van der Waals surface area contributed by atoms with Crippen molar-refractivity contribution in [3.63, 3.8) is 0 Å². The summed E-state index contributed by atoms with van der Waals surface area (Å²) in [6.07, 6.45) is 5.35. The second kappa shape index (κ2) is 13.1. The minimum absolute atomic E-state index is 0. The molecular weight excluding hydrogens is 647 g/mol. The number of hydrogen-bond donors (Lipinski definition) is 0. The number of benzene rings is 2. The molecule has 0 spiro atoms. The Hall–Kier alpha value is -0.400. The Morgan fingerprint density at radius 1 is 0.500 bits per heavy atom. The third-order valence-electron chi connectivity index (χ3n) is 10.2. The van der Waals surface area contributed by atoms with Crippen LogP contribution in [0.25, 0.3) is 12.2 Å². The summed E-state index contributed by atoms with van der Waals surface area (Å²) in [6, 6.07) is 10.1. The molecule has 2 atom stereocenters. The zero-order chi connectivity index (χ0) is 30.1. The average molecular weight is 707 g/mol. The maximum absolute atomic E-state index is 3.63. The van der Waals surface area contributed by atoms with E-state index < -0.39 is 17.4 Å². The van der Waals surface area contributed by atoms with Crippen molar-refractivity contribution in [2.24, 2.45) is 11.8 Å². The molecule has 0 radical (unpaired) electrons. The van der Waals surface area contributed by atoms with E-state index in [0.717, 1.165) is 0 Å². The molecule has 2 aromatic carbocycles. The second-order valence-corrected chi connectivity index (χ2v) is 46.6. The molecule has 0 N–H and O–H groups in total. The molecule has 234 valence electrons. The van der Waals surface area contributed by atoms with Crippen molar-refractivity contribution in [1.29, 1.82) is 0 Å². The minimum atomic E-state index is -3.63. The van der Waals surface area contributed by atoms with E-state index in [1.807, 2.05) is 0 Å². The molecule has 0 heterocycles. The Morgan fingerprint density at radius 3 is 1.05 bits per heavy atom. The van der Waals surface area contributed by atoms with Crippen LogP contribution in [0.5, 0.6) is 0 Å². The first-order valence-corrected chi connectivity index (χ1v) is 29.9. The smallest absolute Gasteiger partial charge is 0.147 e. The van der Waals surface area contributed by atoms with E-state index in [2.05, 4.69) is 136 Å². The standard InChI is InChI=1S/2C18H25.2CH3.2ClH.H2Si.Zr/c2*1-11(2)15-9-14-7-8-16(12(3)4)18(13(5)6)17(14)10-15;;;;;;/h2*7-13H,1-6H3;2*1H3;2*1H;1H2;. The average Bonchev–Trinajstić information content (AvgIpc) is 3.42. The van der Waals surface area contributed by atoms with E-state index in [4.69, 9.17) is 0 Å². The Labute approximate surface area is 274 Å². The fourth-order valence-corrected chi connectivity index (χ4v) is 28.5. The largest absolute Gasteiger partial charge is 0.147 e. The molecule has 0 nitrogen and oxygen atoms in total. The summed E-state index contributed by atoms with van der Waals surface area (Å²) in [7, 11) is 0. The summed E-state index contributed by atoms with van der Waals surface area (Å²) in [5.41, 5.74) is 16.2. The molecule has 0 bridgehead atoms. The Kier molecular flexibility index (Phi) is 11.8.